The van der Waals surface area contributed by atoms with Crippen LogP contribution < -0.4 is 10.7 Å². The largest absolute Gasteiger partial charge is 0.378 e. The normalized spacial score (nSPS) is 17.2. The zero-order valence-corrected chi connectivity index (χ0v) is 23.8. The predicted molar refractivity (Wildman–Crippen MR) is 171 cm³/mol. The quantitative estimate of drug-likeness (QED) is 0.151. The van der Waals surface area contributed by atoms with Crippen LogP contribution in [0.2, 0.25) is 0 Å². The van der Waals surface area contributed by atoms with Crippen LogP contribution in [0.25, 0.3) is 33.3 Å². The summed E-state index contributed by atoms with van der Waals surface area (Å²) in [5, 5.41) is 15.7. The Morgan fingerprint density at radius 2 is 1.79 bits per heavy atom. The molecular formula is C34H33N9. The van der Waals surface area contributed by atoms with Crippen molar-refractivity contribution < 1.29 is 0 Å². The van der Waals surface area contributed by atoms with E-state index in [1.807, 2.05) is 42.6 Å². The van der Waals surface area contributed by atoms with E-state index in [0.29, 0.717) is 11.7 Å². The van der Waals surface area contributed by atoms with E-state index in [9.17, 15) is 0 Å². The molecule has 214 valence electrons. The van der Waals surface area contributed by atoms with E-state index in [-0.39, 0.29) is 6.04 Å². The van der Waals surface area contributed by atoms with E-state index < -0.39 is 0 Å². The van der Waals surface area contributed by atoms with Crippen molar-refractivity contribution in [3.8, 4) is 22.4 Å². The first-order chi connectivity index (χ1) is 21.2. The second-order valence-electron chi connectivity index (χ2n) is 11.0. The number of piperidine rings is 1. The summed E-state index contributed by atoms with van der Waals surface area (Å²) in [7, 11) is 0. The molecule has 2 aliphatic rings. The van der Waals surface area contributed by atoms with Crippen molar-refractivity contribution in [3.63, 3.8) is 0 Å². The summed E-state index contributed by atoms with van der Waals surface area (Å²) in [6.07, 6.45) is 11.9. The standard InChI is InChI=1S/C34H33N9/c1-35-40-33-28-21-27(24-7-3-2-4-8-24)31(38-29(28)14-18-37-33)25-12-10-23(11-13-25)22-43-19-15-26(16-20-43)32-39-34(42-41-32)30-9-5-6-17-36-30/h2-14,17-18,21,26,30,36H,1,15-16,19-20,22H2,(H,37,40)(H,39,41,42). The highest BCUT2D eigenvalue weighted by Crippen LogP contribution is 2.35. The molecule has 1 saturated heterocycles. The van der Waals surface area contributed by atoms with Crippen LogP contribution in [0, 0.1) is 0 Å². The number of aromatic nitrogens is 5. The lowest BCUT2D eigenvalue weighted by Gasteiger charge is -2.30. The number of benzene rings is 2. The zero-order chi connectivity index (χ0) is 29.0. The number of anilines is 1. The Labute approximate surface area is 250 Å². The number of fused-ring (bicyclic) bond motifs is 1. The molecule has 0 amide bonds. The van der Waals surface area contributed by atoms with Gasteiger partial charge in [0.2, 0.25) is 0 Å². The number of H-pyrrole nitrogens is 1. The fourth-order valence-corrected chi connectivity index (χ4v) is 5.92. The van der Waals surface area contributed by atoms with Crippen LogP contribution in [0.3, 0.4) is 0 Å². The summed E-state index contributed by atoms with van der Waals surface area (Å²) >= 11 is 0. The van der Waals surface area contributed by atoms with Gasteiger partial charge in [-0.2, -0.15) is 10.2 Å². The molecule has 9 nitrogen and oxygen atoms in total. The van der Waals surface area contributed by atoms with Gasteiger partial charge < -0.3 is 5.32 Å². The lowest BCUT2D eigenvalue weighted by Crippen LogP contribution is -2.32. The van der Waals surface area contributed by atoms with Crippen molar-refractivity contribution in [1.82, 2.24) is 35.4 Å². The third-order valence-corrected chi connectivity index (χ3v) is 8.20. The van der Waals surface area contributed by atoms with Crippen molar-refractivity contribution in [1.29, 1.82) is 0 Å². The average molecular weight is 568 g/mol. The molecule has 1 fully saturated rings. The molecule has 0 spiro atoms. The van der Waals surface area contributed by atoms with E-state index in [4.69, 9.17) is 9.97 Å². The number of aromatic amines is 1. The predicted octanol–water partition coefficient (Wildman–Crippen LogP) is 6.20. The van der Waals surface area contributed by atoms with Gasteiger partial charge in [-0.05, 0) is 61.5 Å². The number of nitrogens with one attached hydrogen (secondary N) is 3. The number of likely N-dealkylation sites (tertiary alicyclic amines) is 1. The minimum atomic E-state index is 0.0592. The van der Waals surface area contributed by atoms with Crippen molar-refractivity contribution in [2.24, 2.45) is 5.10 Å². The van der Waals surface area contributed by atoms with E-state index in [1.54, 1.807) is 6.20 Å². The van der Waals surface area contributed by atoms with Gasteiger partial charge in [-0.15, -0.1) is 0 Å². The Kier molecular flexibility index (Phi) is 7.45. The zero-order valence-electron chi connectivity index (χ0n) is 23.8. The maximum absolute atomic E-state index is 5.10. The lowest BCUT2D eigenvalue weighted by molar-refractivity contribution is 0.202. The monoisotopic (exact) mass is 567 g/mol. The first-order valence-corrected chi connectivity index (χ1v) is 14.7. The Morgan fingerprint density at radius 3 is 2.56 bits per heavy atom. The molecule has 0 saturated carbocycles. The molecular weight excluding hydrogens is 534 g/mol. The van der Waals surface area contributed by atoms with Crippen molar-refractivity contribution >= 4 is 23.4 Å². The highest BCUT2D eigenvalue weighted by atomic mass is 15.3. The van der Waals surface area contributed by atoms with Gasteiger partial charge in [0.15, 0.2) is 17.5 Å². The first-order valence-electron chi connectivity index (χ1n) is 14.7. The molecule has 0 radical (unpaired) electrons. The van der Waals surface area contributed by atoms with Crippen molar-refractivity contribution in [3.05, 3.63) is 115 Å². The summed E-state index contributed by atoms with van der Waals surface area (Å²) in [4.78, 5) is 16.9. The van der Waals surface area contributed by atoms with Gasteiger partial charge in [-0.25, -0.2) is 15.0 Å². The molecule has 3 N–H and O–H groups in total. The van der Waals surface area contributed by atoms with E-state index in [0.717, 1.165) is 77.4 Å². The van der Waals surface area contributed by atoms with Gasteiger partial charge in [0, 0.05) is 41.9 Å². The molecule has 43 heavy (non-hydrogen) atoms. The molecule has 3 aromatic heterocycles. The highest BCUT2D eigenvalue weighted by Gasteiger charge is 2.25. The highest BCUT2D eigenvalue weighted by molar-refractivity contribution is 5.96. The number of hydrogen-bond donors (Lipinski definition) is 3. The molecule has 5 heterocycles. The average Bonchev–Trinajstić information content (AvgIpc) is 3.57. The lowest BCUT2D eigenvalue weighted by atomic mass is 9.95. The number of pyridine rings is 2. The first kappa shape index (κ1) is 26.7. The maximum Gasteiger partial charge on any atom is 0.155 e. The number of rotatable bonds is 8. The van der Waals surface area contributed by atoms with E-state index in [2.05, 4.69) is 91.2 Å². The minimum Gasteiger partial charge on any atom is -0.378 e. The van der Waals surface area contributed by atoms with Crippen molar-refractivity contribution in [2.45, 2.75) is 31.3 Å². The Morgan fingerprint density at radius 1 is 0.953 bits per heavy atom. The smallest absolute Gasteiger partial charge is 0.155 e. The number of hydrazone groups is 1. The molecule has 0 bridgehead atoms. The van der Waals surface area contributed by atoms with Gasteiger partial charge in [0.25, 0.3) is 0 Å². The molecule has 2 aliphatic heterocycles. The van der Waals surface area contributed by atoms with Crippen LogP contribution in [0.5, 0.6) is 0 Å². The third kappa shape index (κ3) is 5.67. The van der Waals surface area contributed by atoms with Crippen LogP contribution >= 0.6 is 0 Å². The van der Waals surface area contributed by atoms with Crippen LogP contribution in [-0.2, 0) is 6.54 Å². The molecule has 5 aromatic rings. The van der Waals surface area contributed by atoms with Gasteiger partial charge in [0.1, 0.15) is 6.04 Å². The van der Waals surface area contributed by atoms with Crippen LogP contribution in [0.4, 0.5) is 5.82 Å². The van der Waals surface area contributed by atoms with E-state index in [1.165, 1.54) is 5.56 Å². The van der Waals surface area contributed by atoms with Gasteiger partial charge in [-0.3, -0.25) is 15.4 Å². The molecule has 1 unspecified atom stereocenters. The number of hydrogen-bond acceptors (Lipinski definition) is 8. The topological polar surface area (TPSA) is 107 Å². The van der Waals surface area contributed by atoms with E-state index >= 15 is 0 Å². The Balaban J connectivity index is 1.06. The summed E-state index contributed by atoms with van der Waals surface area (Å²) in [6.45, 7) is 6.52. The SMILES string of the molecule is C=NNc1nccc2nc(-c3ccc(CN4CCC(c5n[nH]c(C6C=CC=CN6)n5)CC4)cc3)c(-c3ccccc3)cc12. The van der Waals surface area contributed by atoms with Gasteiger partial charge >= 0.3 is 0 Å². The Hall–Kier alpha value is -5.15. The summed E-state index contributed by atoms with van der Waals surface area (Å²) in [5.41, 5.74) is 9.21. The maximum atomic E-state index is 5.10. The number of allylic oxidation sites excluding steroid dienone is 2. The summed E-state index contributed by atoms with van der Waals surface area (Å²) < 4.78 is 0. The van der Waals surface area contributed by atoms with Crippen LogP contribution in [0.15, 0.2) is 102 Å². The van der Waals surface area contributed by atoms with Crippen molar-refractivity contribution in [2.75, 3.05) is 18.5 Å². The van der Waals surface area contributed by atoms with Gasteiger partial charge in [0.05, 0.1) is 11.2 Å². The number of nitrogens with zero attached hydrogens (tertiary/aromatic N) is 6. The van der Waals surface area contributed by atoms with Gasteiger partial charge in [-0.1, -0.05) is 66.7 Å². The van der Waals surface area contributed by atoms with Crippen LogP contribution in [0.1, 0.15) is 42.0 Å². The Bertz CT molecular complexity index is 1780. The second kappa shape index (κ2) is 12.0. The second-order valence-corrected chi connectivity index (χ2v) is 11.0. The summed E-state index contributed by atoms with van der Waals surface area (Å²) in [6, 6.07) is 23.3. The minimum absolute atomic E-state index is 0.0592. The fraction of sp³-hybridized carbons (Fsp3) is 0.206. The molecule has 7 rings (SSSR count). The molecule has 9 heteroatoms. The molecule has 2 aromatic carbocycles. The van der Waals surface area contributed by atoms with Crippen LogP contribution in [-0.4, -0.2) is 49.9 Å². The molecule has 0 aliphatic carbocycles. The molecule has 1 atom stereocenters. The number of dihydropyridines is 1. The fourth-order valence-electron chi connectivity index (χ4n) is 5.92. The summed E-state index contributed by atoms with van der Waals surface area (Å²) in [5.74, 6) is 2.83. The third-order valence-electron chi connectivity index (χ3n) is 8.20.